The van der Waals surface area contributed by atoms with Gasteiger partial charge in [-0.25, -0.2) is 4.98 Å². The first-order valence-electron chi connectivity index (χ1n) is 21.6. The van der Waals surface area contributed by atoms with Crippen molar-refractivity contribution in [1.29, 1.82) is 0 Å². The Kier molecular flexibility index (Phi) is 6.69. The van der Waals surface area contributed by atoms with Crippen LogP contribution in [0.15, 0.2) is 158 Å². The maximum Gasteiger partial charge on any atom is 0.146 e. The number of hydrogen-bond donors (Lipinski definition) is 0. The van der Waals surface area contributed by atoms with E-state index in [1.165, 1.54) is 92.4 Å². The molecule has 13 rings (SSSR count). The van der Waals surface area contributed by atoms with Gasteiger partial charge in [-0.05, 0) is 110 Å². The Labute approximate surface area is 353 Å². The minimum Gasteiger partial charge on any atom is -0.308 e. The molecule has 0 N–H and O–H groups in total. The SMILES string of the molecule is CC(C)(C)c1cc2c3cc4c(nc3n3c5ccc6ccccc6c5c(c1)c23)c1cc(C(C)(C)C)cc2c3c5ccccc5cc(N(c5ccccc5)c5ccccc5)c3n4c12. The highest BCUT2D eigenvalue weighted by atomic mass is 15.2. The summed E-state index contributed by atoms with van der Waals surface area (Å²) in [7, 11) is 0. The molecule has 13 aromatic rings. The highest BCUT2D eigenvalue weighted by molar-refractivity contribution is 6.33. The summed E-state index contributed by atoms with van der Waals surface area (Å²) in [5, 5.41) is 13.8. The lowest BCUT2D eigenvalue weighted by molar-refractivity contribution is 0.591. The summed E-state index contributed by atoms with van der Waals surface area (Å²) >= 11 is 0. The van der Waals surface area contributed by atoms with Crippen LogP contribution in [0.1, 0.15) is 52.7 Å². The average molecular weight is 785 g/mol. The summed E-state index contributed by atoms with van der Waals surface area (Å²) in [4.78, 5) is 8.33. The van der Waals surface area contributed by atoms with Crippen molar-refractivity contribution in [2.45, 2.75) is 52.4 Å². The largest absolute Gasteiger partial charge is 0.308 e. The first-order chi connectivity index (χ1) is 29.5. The third kappa shape index (κ3) is 4.62. The second-order valence-corrected chi connectivity index (χ2v) is 19.3. The molecule has 0 aliphatic heterocycles. The Hall–Kier alpha value is -7.17. The number of nitrogens with zero attached hydrogens (tertiary/aromatic N) is 4. The smallest absolute Gasteiger partial charge is 0.146 e. The summed E-state index contributed by atoms with van der Waals surface area (Å²) in [6.45, 7) is 14.0. The number of fused-ring (bicyclic) bond motifs is 16. The van der Waals surface area contributed by atoms with E-state index < -0.39 is 0 Å². The van der Waals surface area contributed by atoms with Gasteiger partial charge in [0, 0.05) is 49.1 Å². The fourth-order valence-electron chi connectivity index (χ4n) is 10.6. The van der Waals surface area contributed by atoms with Crippen molar-refractivity contribution in [3.63, 3.8) is 0 Å². The van der Waals surface area contributed by atoms with E-state index in [0.717, 1.165) is 33.7 Å². The molecule has 8 aromatic carbocycles. The van der Waals surface area contributed by atoms with Gasteiger partial charge in [0.05, 0.1) is 38.8 Å². The number of pyridine rings is 1. The first kappa shape index (κ1) is 34.7. The monoisotopic (exact) mass is 784 g/mol. The topological polar surface area (TPSA) is 24.9 Å². The van der Waals surface area contributed by atoms with Crippen molar-refractivity contribution >= 4 is 115 Å². The van der Waals surface area contributed by atoms with Gasteiger partial charge in [-0.2, -0.15) is 0 Å². The second-order valence-electron chi connectivity index (χ2n) is 19.3. The van der Waals surface area contributed by atoms with Gasteiger partial charge >= 0.3 is 0 Å². The van der Waals surface area contributed by atoms with Crippen LogP contribution in [0.25, 0.3) is 98.0 Å². The average Bonchev–Trinajstić information content (AvgIpc) is 3.99. The molecule has 4 nitrogen and oxygen atoms in total. The molecule has 0 aliphatic carbocycles. The minimum atomic E-state index is -0.0877. The fourth-order valence-corrected chi connectivity index (χ4v) is 10.6. The zero-order valence-electron chi connectivity index (χ0n) is 35.3. The zero-order valence-corrected chi connectivity index (χ0v) is 35.3. The minimum absolute atomic E-state index is 0.0483. The number of benzene rings is 8. The molecule has 0 aliphatic rings. The molecule has 0 bridgehead atoms. The summed E-state index contributed by atoms with van der Waals surface area (Å²) in [6.07, 6.45) is 0. The van der Waals surface area contributed by atoms with Crippen LogP contribution >= 0.6 is 0 Å². The van der Waals surface area contributed by atoms with Gasteiger partial charge in [0.1, 0.15) is 5.65 Å². The van der Waals surface area contributed by atoms with Crippen LogP contribution in [-0.2, 0) is 10.8 Å². The van der Waals surface area contributed by atoms with Crippen molar-refractivity contribution in [2.24, 2.45) is 0 Å². The number of anilines is 3. The normalized spacial score (nSPS) is 13.1. The van der Waals surface area contributed by atoms with Crippen molar-refractivity contribution in [3.05, 3.63) is 169 Å². The van der Waals surface area contributed by atoms with Gasteiger partial charge in [0.2, 0.25) is 0 Å². The second kappa shape index (κ2) is 11.8. The number of hydrogen-bond acceptors (Lipinski definition) is 2. The van der Waals surface area contributed by atoms with Crippen molar-refractivity contribution in [3.8, 4) is 0 Å². The van der Waals surface area contributed by atoms with Gasteiger partial charge in [-0.1, -0.05) is 133 Å². The third-order valence-electron chi connectivity index (χ3n) is 13.6. The molecule has 292 valence electrons. The van der Waals surface area contributed by atoms with Crippen molar-refractivity contribution < 1.29 is 0 Å². The maximum atomic E-state index is 5.89. The predicted molar refractivity (Wildman–Crippen MR) is 261 cm³/mol. The van der Waals surface area contributed by atoms with Crippen molar-refractivity contribution in [1.82, 2.24) is 13.8 Å². The summed E-state index contributed by atoms with van der Waals surface area (Å²) < 4.78 is 5.04. The molecule has 0 amide bonds. The van der Waals surface area contributed by atoms with Crippen LogP contribution in [0, 0.1) is 0 Å². The zero-order chi connectivity index (χ0) is 41.1. The number of para-hydroxylation sites is 2. The molecular weight excluding hydrogens is 741 g/mol. The van der Waals surface area contributed by atoms with Gasteiger partial charge < -0.3 is 9.30 Å². The van der Waals surface area contributed by atoms with Gasteiger partial charge in [0.15, 0.2) is 0 Å². The number of rotatable bonds is 3. The Morgan fingerprint density at radius 1 is 0.410 bits per heavy atom. The maximum absolute atomic E-state index is 5.89. The van der Waals surface area contributed by atoms with E-state index in [2.05, 4.69) is 213 Å². The quantitative estimate of drug-likeness (QED) is 0.178. The molecule has 0 saturated carbocycles. The van der Waals surface area contributed by atoms with E-state index in [-0.39, 0.29) is 10.8 Å². The van der Waals surface area contributed by atoms with Crippen LogP contribution in [0.4, 0.5) is 17.1 Å². The van der Waals surface area contributed by atoms with Crippen LogP contribution in [0.2, 0.25) is 0 Å². The molecule has 5 heterocycles. The fraction of sp³-hybridized carbons (Fsp3) is 0.140. The Morgan fingerprint density at radius 2 is 0.951 bits per heavy atom. The molecule has 0 spiro atoms. The van der Waals surface area contributed by atoms with Gasteiger partial charge in [-0.3, -0.25) is 4.40 Å². The molecule has 61 heavy (non-hydrogen) atoms. The molecular formula is C57H44N4. The van der Waals surface area contributed by atoms with Crippen LogP contribution in [-0.4, -0.2) is 13.8 Å². The van der Waals surface area contributed by atoms with Crippen LogP contribution in [0.5, 0.6) is 0 Å². The molecule has 4 heteroatoms. The molecule has 0 fully saturated rings. The molecule has 0 atom stereocenters. The van der Waals surface area contributed by atoms with E-state index in [1.807, 2.05) is 0 Å². The van der Waals surface area contributed by atoms with E-state index in [1.54, 1.807) is 0 Å². The summed E-state index contributed by atoms with van der Waals surface area (Å²) in [6, 6.07) is 58.7. The molecule has 0 radical (unpaired) electrons. The molecule has 5 aromatic heterocycles. The lowest BCUT2D eigenvalue weighted by atomic mass is 9.85. The standard InChI is InChI=1S/C57H44N4/c1-56(2,3)35-28-41-42-32-47-51(58-55(42)61-46-26-25-33-17-13-15-23-39(33)49(46)43(29-35)52(41)61)45-31-36(57(4,5)6)30-44-50-40-24-16-14-18-34(40)27-48(54(50)60(47)53(44)45)59(37-19-9-7-10-20-37)38-21-11-8-12-22-38/h7-32H,1-6H3. The number of aromatic nitrogens is 3. The molecule has 0 saturated heterocycles. The Morgan fingerprint density at radius 3 is 1.61 bits per heavy atom. The van der Waals surface area contributed by atoms with E-state index in [0.29, 0.717) is 0 Å². The van der Waals surface area contributed by atoms with Crippen molar-refractivity contribution in [2.75, 3.05) is 4.90 Å². The van der Waals surface area contributed by atoms with E-state index >= 15 is 0 Å². The lowest BCUT2D eigenvalue weighted by Gasteiger charge is -2.27. The highest BCUT2D eigenvalue weighted by Crippen LogP contribution is 2.51. The third-order valence-corrected chi connectivity index (χ3v) is 13.6. The van der Waals surface area contributed by atoms with Crippen LogP contribution in [0.3, 0.4) is 0 Å². The Balaban J connectivity index is 1.28. The lowest BCUT2D eigenvalue weighted by Crippen LogP contribution is -2.11. The van der Waals surface area contributed by atoms with E-state index in [4.69, 9.17) is 4.98 Å². The van der Waals surface area contributed by atoms with Gasteiger partial charge in [-0.15, -0.1) is 0 Å². The van der Waals surface area contributed by atoms with Gasteiger partial charge in [0.25, 0.3) is 0 Å². The summed E-state index contributed by atoms with van der Waals surface area (Å²) in [5.74, 6) is 0. The molecule has 0 unspecified atom stereocenters. The van der Waals surface area contributed by atoms with Crippen LogP contribution < -0.4 is 4.90 Å². The first-order valence-corrected chi connectivity index (χ1v) is 21.6. The predicted octanol–water partition coefficient (Wildman–Crippen LogP) is 15.8. The highest BCUT2D eigenvalue weighted by Gasteiger charge is 2.30. The Bertz CT molecular complexity index is 3890. The van der Waals surface area contributed by atoms with E-state index in [9.17, 15) is 0 Å². The summed E-state index contributed by atoms with van der Waals surface area (Å²) in [5.41, 5.74) is 13.9.